The first-order chi connectivity index (χ1) is 29.9. The Hall–Kier alpha value is -3.52. The summed E-state index contributed by atoms with van der Waals surface area (Å²) in [5.41, 5.74) is -2.02. The third kappa shape index (κ3) is 13.8. The molecule has 0 spiro atoms. The first-order valence-corrected chi connectivity index (χ1v) is 22.4. The normalized spacial score (nSPS) is 36.4. The average molecular weight is 909 g/mol. The second kappa shape index (κ2) is 22.8. The second-order valence-corrected chi connectivity index (χ2v) is 18.8. The average Bonchev–Trinajstić information content (AvgIpc) is 3.19. The number of aliphatic hydroxyl groups excluding tert-OH is 3. The number of unbranched alkanes of at least 4 members (excludes halogenated alkanes) is 1. The van der Waals surface area contributed by atoms with Crippen LogP contribution < -0.4 is 0 Å². The van der Waals surface area contributed by atoms with E-state index in [0.717, 1.165) is 12.8 Å². The van der Waals surface area contributed by atoms with Gasteiger partial charge in [-0.25, -0.2) is 9.59 Å². The van der Waals surface area contributed by atoms with E-state index >= 15 is 0 Å². The van der Waals surface area contributed by atoms with Gasteiger partial charge in [0.25, 0.3) is 0 Å². The van der Waals surface area contributed by atoms with Gasteiger partial charge in [0.05, 0.1) is 69.8 Å². The molecular weight excluding hydrogens is 836 g/mol. The Labute approximate surface area is 376 Å². The summed E-state index contributed by atoms with van der Waals surface area (Å²) < 4.78 is 47.2. The smallest absolute Gasteiger partial charge is 0.331 e. The number of rotatable bonds is 11. The summed E-state index contributed by atoms with van der Waals surface area (Å²) in [6.07, 6.45) is 1.07. The van der Waals surface area contributed by atoms with Gasteiger partial charge in [0.1, 0.15) is 6.10 Å². The molecule has 3 fully saturated rings. The van der Waals surface area contributed by atoms with E-state index in [9.17, 15) is 44.7 Å². The van der Waals surface area contributed by atoms with Crippen LogP contribution in [0.1, 0.15) is 119 Å². The molecule has 0 aromatic rings. The molecule has 0 saturated carbocycles. The topological polar surface area (TPSA) is 243 Å². The number of methoxy groups -OCH3 is 2. The highest BCUT2D eigenvalue weighted by atomic mass is 16.7. The number of cyclic esters (lactones) is 1. The van der Waals surface area contributed by atoms with Crippen molar-refractivity contribution in [3.05, 3.63) is 48.1 Å². The van der Waals surface area contributed by atoms with Crippen LogP contribution in [0, 0.1) is 16.7 Å². The Morgan fingerprint density at radius 1 is 0.906 bits per heavy atom. The summed E-state index contributed by atoms with van der Waals surface area (Å²) in [6, 6.07) is 0. The molecule has 0 aromatic carbocycles. The molecule has 5 N–H and O–H groups in total. The molecule has 17 heteroatoms. The van der Waals surface area contributed by atoms with Gasteiger partial charge in [0, 0.05) is 54.6 Å². The zero-order valence-corrected chi connectivity index (χ0v) is 38.8. The van der Waals surface area contributed by atoms with Crippen LogP contribution in [0.3, 0.4) is 0 Å². The Balaban J connectivity index is 1.87. The van der Waals surface area contributed by atoms with Gasteiger partial charge in [-0.2, -0.15) is 0 Å². The largest absolute Gasteiger partial charge is 0.469 e. The number of hydrogen-bond donors (Lipinski definition) is 5. The molecule has 1 unspecified atom stereocenters. The molecule has 6 bridgehead atoms. The highest BCUT2D eigenvalue weighted by Crippen LogP contribution is 2.50. The number of fused-ring (bicyclic) bond motifs is 6. The quantitative estimate of drug-likeness (QED) is 0.0488. The molecule has 64 heavy (non-hydrogen) atoms. The van der Waals surface area contributed by atoms with Gasteiger partial charge < -0.3 is 63.4 Å². The van der Waals surface area contributed by atoms with Crippen molar-refractivity contribution in [2.45, 2.75) is 192 Å². The van der Waals surface area contributed by atoms with Gasteiger partial charge in [0.15, 0.2) is 18.2 Å². The molecule has 362 valence electrons. The number of carbonyl (C=O) groups is 4. The van der Waals surface area contributed by atoms with Crippen LogP contribution in [0.2, 0.25) is 0 Å². The molecule has 0 amide bonds. The number of hydrogen-bond acceptors (Lipinski definition) is 17. The van der Waals surface area contributed by atoms with Gasteiger partial charge in [-0.05, 0) is 39.5 Å². The van der Waals surface area contributed by atoms with Crippen LogP contribution in [0.25, 0.3) is 0 Å². The molecule has 3 saturated heterocycles. The zero-order valence-electron chi connectivity index (χ0n) is 38.8. The SMILES string of the molecule is CCCC=CC=CC(=O)OC1[C@H](CC(=O)OC)C[C@H]2C[C@H]([C@@H](C)O)OC(=O)C[C@H](O)C[C@@H]3C[C@H](O[C@@H](C)O)C(C)(C)[C@](O)(C[C@@H]4CC(=CC(=O)OC)C[C@H](C=CC(C)(C)[C@]1(O)O2)O4)O3. The van der Waals surface area contributed by atoms with Crippen LogP contribution >= 0.6 is 0 Å². The standard InChI is InChI=1S/C47H72O17/c1-10-11-12-13-14-15-39(51)62-43-31(22-41(53)58-9)21-34-25-37(28(2)48)61-42(54)24-32(50)23-35-26-38(59-29(3)49)45(6,7)46(55,63-35)27-36-19-30(20-40(52)57-8)18-33(60-36)16-17-44(4,5)47(43,56)64-34/h12-17,20,28-29,31-38,43,48-50,55-56H,10-11,18-19,21-27H2,1-9H3/t28-,29+,31+,32-,33+,34+,35-,36+,37-,38+,43?,46+,47-/m1/s1. The third-order valence-electron chi connectivity index (χ3n) is 12.8. The molecule has 13 atom stereocenters. The molecule has 0 aliphatic carbocycles. The third-order valence-corrected chi connectivity index (χ3v) is 12.8. The van der Waals surface area contributed by atoms with Crippen molar-refractivity contribution >= 4 is 23.9 Å². The Bertz CT molecular complexity index is 1720. The van der Waals surface area contributed by atoms with Crippen molar-refractivity contribution < 1.29 is 82.6 Å². The van der Waals surface area contributed by atoms with E-state index in [1.165, 1.54) is 46.3 Å². The van der Waals surface area contributed by atoms with Gasteiger partial charge in [-0.3, -0.25) is 9.59 Å². The lowest BCUT2D eigenvalue weighted by Gasteiger charge is -2.54. The Morgan fingerprint density at radius 2 is 1.61 bits per heavy atom. The van der Waals surface area contributed by atoms with Gasteiger partial charge >= 0.3 is 23.9 Å². The lowest BCUT2D eigenvalue weighted by Crippen LogP contribution is -2.64. The fraction of sp³-hybridized carbons (Fsp3) is 0.745. The summed E-state index contributed by atoms with van der Waals surface area (Å²) in [4.78, 5) is 52.5. The molecule has 4 aliphatic heterocycles. The molecule has 4 rings (SSSR count). The van der Waals surface area contributed by atoms with Crippen molar-refractivity contribution in [1.29, 1.82) is 0 Å². The maximum Gasteiger partial charge on any atom is 0.331 e. The zero-order chi connectivity index (χ0) is 47.6. The van der Waals surface area contributed by atoms with E-state index in [-0.39, 0.29) is 51.4 Å². The lowest BCUT2D eigenvalue weighted by molar-refractivity contribution is -0.361. The highest BCUT2D eigenvalue weighted by Gasteiger charge is 2.60. The van der Waals surface area contributed by atoms with Crippen molar-refractivity contribution in [3.63, 3.8) is 0 Å². The van der Waals surface area contributed by atoms with E-state index in [1.54, 1.807) is 45.9 Å². The predicted octanol–water partition coefficient (Wildman–Crippen LogP) is 4.15. The monoisotopic (exact) mass is 908 g/mol. The molecule has 4 aliphatic rings. The summed E-state index contributed by atoms with van der Waals surface area (Å²) in [5, 5.41) is 58.0. The molecule has 17 nitrogen and oxygen atoms in total. The van der Waals surface area contributed by atoms with Gasteiger partial charge in [-0.1, -0.05) is 77.0 Å². The summed E-state index contributed by atoms with van der Waals surface area (Å²) in [7, 11) is 2.46. The van der Waals surface area contributed by atoms with Crippen molar-refractivity contribution in [2.75, 3.05) is 14.2 Å². The number of carbonyl (C=O) groups excluding carboxylic acids is 4. The Kier molecular flexibility index (Phi) is 18.9. The van der Waals surface area contributed by atoms with Crippen LogP contribution in [0.15, 0.2) is 48.1 Å². The maximum atomic E-state index is 13.5. The van der Waals surface area contributed by atoms with Gasteiger partial charge in [-0.15, -0.1) is 0 Å². The summed E-state index contributed by atoms with van der Waals surface area (Å²) in [5.74, 6) is -8.24. The highest BCUT2D eigenvalue weighted by molar-refractivity contribution is 5.83. The minimum Gasteiger partial charge on any atom is -0.469 e. The van der Waals surface area contributed by atoms with E-state index in [2.05, 4.69) is 0 Å². The Morgan fingerprint density at radius 3 is 2.25 bits per heavy atom. The summed E-state index contributed by atoms with van der Waals surface area (Å²) >= 11 is 0. The number of ether oxygens (including phenoxy) is 8. The number of esters is 4. The van der Waals surface area contributed by atoms with Crippen LogP contribution in [0.4, 0.5) is 0 Å². The lowest BCUT2D eigenvalue weighted by atomic mass is 9.70. The van der Waals surface area contributed by atoms with E-state index in [4.69, 9.17) is 37.9 Å². The maximum absolute atomic E-state index is 13.5. The van der Waals surface area contributed by atoms with Crippen molar-refractivity contribution in [3.8, 4) is 0 Å². The number of allylic oxidation sites excluding steroid dienone is 3. The van der Waals surface area contributed by atoms with Crippen LogP contribution in [-0.4, -0.2) is 136 Å². The fourth-order valence-corrected chi connectivity index (χ4v) is 9.03. The van der Waals surface area contributed by atoms with E-state index < -0.39 is 120 Å². The summed E-state index contributed by atoms with van der Waals surface area (Å²) in [6.45, 7) is 11.6. The molecule has 0 radical (unpaired) electrons. The minimum atomic E-state index is -2.39. The van der Waals surface area contributed by atoms with E-state index in [1.807, 2.05) is 13.0 Å². The van der Waals surface area contributed by atoms with Gasteiger partial charge in [0.2, 0.25) is 5.79 Å². The van der Waals surface area contributed by atoms with Crippen LogP contribution in [0.5, 0.6) is 0 Å². The fourth-order valence-electron chi connectivity index (χ4n) is 9.03. The van der Waals surface area contributed by atoms with Crippen LogP contribution in [-0.2, 0) is 57.1 Å². The predicted molar refractivity (Wildman–Crippen MR) is 229 cm³/mol. The first kappa shape index (κ1) is 53.1. The first-order valence-electron chi connectivity index (χ1n) is 22.4. The second-order valence-electron chi connectivity index (χ2n) is 18.8. The van der Waals surface area contributed by atoms with E-state index in [0.29, 0.717) is 5.57 Å². The molecular formula is C47H72O17. The molecule has 4 heterocycles. The molecule has 0 aromatic heterocycles. The number of aliphatic hydroxyl groups is 5. The van der Waals surface area contributed by atoms with Crippen molar-refractivity contribution in [1.82, 2.24) is 0 Å². The van der Waals surface area contributed by atoms with Crippen molar-refractivity contribution in [2.24, 2.45) is 16.7 Å². The minimum absolute atomic E-state index is 0.00172.